The van der Waals surface area contributed by atoms with Crippen LogP contribution in [0.2, 0.25) is 0 Å². The Kier molecular flexibility index (Phi) is 5.22. The third-order valence-electron chi connectivity index (χ3n) is 1.67. The van der Waals surface area contributed by atoms with Crippen LogP contribution in [0, 0.1) is 11.8 Å². The first-order valence-electron chi connectivity index (χ1n) is 4.43. The minimum atomic E-state index is 0.536. The highest BCUT2D eigenvalue weighted by Crippen LogP contribution is 2.11. The van der Waals surface area contributed by atoms with E-state index in [1.807, 2.05) is 0 Å². The van der Waals surface area contributed by atoms with Crippen LogP contribution in [0.5, 0.6) is 0 Å². The third kappa shape index (κ3) is 6.11. The normalized spacial score (nSPS) is 15.6. The fourth-order valence-electron chi connectivity index (χ4n) is 1.27. The number of allylic oxidation sites excluding steroid dienone is 1. The Morgan fingerprint density at radius 1 is 1.36 bits per heavy atom. The number of hydrogen-bond acceptors (Lipinski definition) is 1. The third-order valence-corrected chi connectivity index (χ3v) is 1.67. The molecule has 66 valence electrons. The Balaban J connectivity index is 3.79. The fourth-order valence-corrected chi connectivity index (χ4v) is 1.27. The molecule has 1 atom stereocenters. The van der Waals surface area contributed by atoms with Gasteiger partial charge in [0.2, 0.25) is 0 Å². The molecule has 1 heteroatoms. The summed E-state index contributed by atoms with van der Waals surface area (Å²) in [6.45, 7) is 9.58. The van der Waals surface area contributed by atoms with Gasteiger partial charge in [-0.15, -0.1) is 0 Å². The molecule has 0 aromatic carbocycles. The fraction of sp³-hybridized carbons (Fsp3) is 0.800. The molecule has 0 saturated carbocycles. The van der Waals surface area contributed by atoms with Crippen molar-refractivity contribution in [1.82, 2.24) is 0 Å². The minimum Gasteiger partial charge on any atom is -0.330 e. The average molecular weight is 155 g/mol. The topological polar surface area (TPSA) is 26.0 Å². The van der Waals surface area contributed by atoms with Gasteiger partial charge in [-0.2, -0.15) is 0 Å². The molecule has 1 nitrogen and oxygen atoms in total. The molecule has 0 aliphatic carbocycles. The molecule has 0 rings (SSSR count). The van der Waals surface area contributed by atoms with E-state index in [1.54, 1.807) is 0 Å². The van der Waals surface area contributed by atoms with E-state index in [0.29, 0.717) is 5.92 Å². The highest BCUT2D eigenvalue weighted by molar-refractivity contribution is 5.01. The molecular formula is C10H21N. The second-order valence-electron chi connectivity index (χ2n) is 3.82. The highest BCUT2D eigenvalue weighted by Gasteiger charge is 1.98. The number of rotatable bonds is 4. The van der Waals surface area contributed by atoms with Crippen molar-refractivity contribution in [3.05, 3.63) is 11.6 Å². The van der Waals surface area contributed by atoms with E-state index in [-0.39, 0.29) is 0 Å². The van der Waals surface area contributed by atoms with Gasteiger partial charge in [0.15, 0.2) is 0 Å². The van der Waals surface area contributed by atoms with Gasteiger partial charge in [0.1, 0.15) is 0 Å². The number of hydrogen-bond donors (Lipinski definition) is 1. The molecule has 0 spiro atoms. The lowest BCUT2D eigenvalue weighted by Gasteiger charge is -2.07. The maximum absolute atomic E-state index is 5.51. The number of nitrogens with two attached hydrogens (primary N) is 1. The Morgan fingerprint density at radius 3 is 2.27 bits per heavy atom. The van der Waals surface area contributed by atoms with Crippen molar-refractivity contribution in [3.8, 4) is 0 Å². The van der Waals surface area contributed by atoms with Crippen LogP contribution >= 0.6 is 0 Å². The van der Waals surface area contributed by atoms with Crippen molar-refractivity contribution in [2.45, 2.75) is 34.1 Å². The molecule has 0 fully saturated rings. The van der Waals surface area contributed by atoms with E-state index >= 15 is 0 Å². The van der Waals surface area contributed by atoms with Gasteiger partial charge in [-0.1, -0.05) is 32.4 Å². The molecule has 0 aromatic rings. The van der Waals surface area contributed by atoms with E-state index in [0.717, 1.165) is 12.5 Å². The van der Waals surface area contributed by atoms with Crippen LogP contribution < -0.4 is 5.73 Å². The zero-order valence-corrected chi connectivity index (χ0v) is 8.22. The van der Waals surface area contributed by atoms with Gasteiger partial charge in [-0.05, 0) is 31.7 Å². The van der Waals surface area contributed by atoms with E-state index in [2.05, 4.69) is 33.8 Å². The molecule has 0 aliphatic rings. The van der Waals surface area contributed by atoms with Gasteiger partial charge < -0.3 is 5.73 Å². The predicted octanol–water partition coefficient (Wildman–Crippen LogP) is 2.57. The minimum absolute atomic E-state index is 0.536. The largest absolute Gasteiger partial charge is 0.330 e. The van der Waals surface area contributed by atoms with Gasteiger partial charge in [0.25, 0.3) is 0 Å². The van der Waals surface area contributed by atoms with Crippen LogP contribution in [0.3, 0.4) is 0 Å². The Bertz CT molecular complexity index is 125. The van der Waals surface area contributed by atoms with Gasteiger partial charge in [0.05, 0.1) is 0 Å². The summed E-state index contributed by atoms with van der Waals surface area (Å²) in [5.41, 5.74) is 6.98. The second kappa shape index (κ2) is 5.36. The summed E-state index contributed by atoms with van der Waals surface area (Å²) in [7, 11) is 0. The molecule has 0 unspecified atom stereocenters. The summed E-state index contributed by atoms with van der Waals surface area (Å²) >= 11 is 0. The van der Waals surface area contributed by atoms with Crippen LogP contribution in [0.15, 0.2) is 11.6 Å². The zero-order chi connectivity index (χ0) is 8.85. The summed E-state index contributed by atoms with van der Waals surface area (Å²) in [6, 6.07) is 0. The van der Waals surface area contributed by atoms with Crippen LogP contribution in [-0.2, 0) is 0 Å². The molecule has 11 heavy (non-hydrogen) atoms. The first-order valence-corrected chi connectivity index (χ1v) is 4.43. The first-order chi connectivity index (χ1) is 5.06. The van der Waals surface area contributed by atoms with Crippen LogP contribution in [-0.4, -0.2) is 6.54 Å². The van der Waals surface area contributed by atoms with E-state index < -0.39 is 0 Å². The molecule has 0 radical (unpaired) electrons. The van der Waals surface area contributed by atoms with Crippen molar-refractivity contribution in [2.24, 2.45) is 17.6 Å². The lowest BCUT2D eigenvalue weighted by molar-refractivity contribution is 0.631. The standard InChI is InChI=1S/C10H21N/c1-8(2)5-9(3)6-10(4)7-11/h6,8,10H,5,7,11H2,1-4H3/b9-6-/t10-/m1/s1. The van der Waals surface area contributed by atoms with E-state index in [9.17, 15) is 0 Å². The van der Waals surface area contributed by atoms with Gasteiger partial charge in [0, 0.05) is 0 Å². The molecule has 2 N–H and O–H groups in total. The maximum Gasteiger partial charge on any atom is -0.00167 e. The lowest BCUT2D eigenvalue weighted by atomic mass is 10.0. The average Bonchev–Trinajstić information content (AvgIpc) is 1.85. The Labute approximate surface area is 70.7 Å². The van der Waals surface area contributed by atoms with Crippen molar-refractivity contribution >= 4 is 0 Å². The highest BCUT2D eigenvalue weighted by atomic mass is 14.5. The molecule has 0 heterocycles. The van der Waals surface area contributed by atoms with Gasteiger partial charge in [-0.3, -0.25) is 0 Å². The Morgan fingerprint density at radius 2 is 1.91 bits per heavy atom. The van der Waals surface area contributed by atoms with Gasteiger partial charge in [-0.25, -0.2) is 0 Å². The molecular weight excluding hydrogens is 134 g/mol. The van der Waals surface area contributed by atoms with Gasteiger partial charge >= 0.3 is 0 Å². The molecule has 0 bridgehead atoms. The summed E-state index contributed by atoms with van der Waals surface area (Å²) < 4.78 is 0. The van der Waals surface area contributed by atoms with E-state index in [4.69, 9.17) is 5.73 Å². The molecule has 0 saturated heterocycles. The summed E-state index contributed by atoms with van der Waals surface area (Å²) in [5, 5.41) is 0. The monoisotopic (exact) mass is 155 g/mol. The molecule has 0 amide bonds. The van der Waals surface area contributed by atoms with E-state index in [1.165, 1.54) is 12.0 Å². The van der Waals surface area contributed by atoms with Crippen molar-refractivity contribution in [1.29, 1.82) is 0 Å². The second-order valence-corrected chi connectivity index (χ2v) is 3.82. The van der Waals surface area contributed by atoms with Crippen molar-refractivity contribution < 1.29 is 0 Å². The van der Waals surface area contributed by atoms with Crippen molar-refractivity contribution in [2.75, 3.05) is 6.54 Å². The van der Waals surface area contributed by atoms with Crippen LogP contribution in [0.25, 0.3) is 0 Å². The summed E-state index contributed by atoms with van der Waals surface area (Å²) in [4.78, 5) is 0. The van der Waals surface area contributed by atoms with Crippen LogP contribution in [0.1, 0.15) is 34.1 Å². The smallest absolute Gasteiger partial charge is 0.00167 e. The SMILES string of the molecule is C/C(=C/[C@@H](C)CN)CC(C)C. The quantitative estimate of drug-likeness (QED) is 0.620. The molecule has 0 aliphatic heterocycles. The zero-order valence-electron chi connectivity index (χ0n) is 8.22. The summed E-state index contributed by atoms with van der Waals surface area (Å²) in [6.07, 6.45) is 3.48. The van der Waals surface area contributed by atoms with Crippen LogP contribution in [0.4, 0.5) is 0 Å². The predicted molar refractivity (Wildman–Crippen MR) is 51.4 cm³/mol. The Hall–Kier alpha value is -0.300. The molecule has 0 aromatic heterocycles. The van der Waals surface area contributed by atoms with Crippen molar-refractivity contribution in [3.63, 3.8) is 0 Å². The lowest BCUT2D eigenvalue weighted by Crippen LogP contribution is -2.08. The summed E-state index contributed by atoms with van der Waals surface area (Å²) in [5.74, 6) is 1.30. The first kappa shape index (κ1) is 10.7. The maximum atomic E-state index is 5.51.